The summed E-state index contributed by atoms with van der Waals surface area (Å²) in [5.74, 6) is 0.989. The van der Waals surface area contributed by atoms with Gasteiger partial charge in [0.1, 0.15) is 0 Å². The van der Waals surface area contributed by atoms with E-state index in [1.165, 1.54) is 0 Å². The molecule has 0 saturated heterocycles. The lowest BCUT2D eigenvalue weighted by molar-refractivity contribution is -0.385. The average molecular weight is 332 g/mol. The number of thioether (sulfide) groups is 1. The predicted octanol–water partition coefficient (Wildman–Crippen LogP) is 3.00. The van der Waals surface area contributed by atoms with E-state index in [0.717, 1.165) is 30.2 Å². The molecule has 1 aromatic carbocycles. The molecule has 21 heavy (non-hydrogen) atoms. The second kappa shape index (κ2) is 8.74. The monoisotopic (exact) mass is 331 g/mol. The second-order valence-electron chi connectivity index (χ2n) is 4.31. The van der Waals surface area contributed by atoms with Gasteiger partial charge in [0.15, 0.2) is 10.9 Å². The number of hydrogen-bond donors (Lipinski definition) is 1. The summed E-state index contributed by atoms with van der Waals surface area (Å²) in [6, 6.07) is 5.11. The van der Waals surface area contributed by atoms with Crippen molar-refractivity contribution in [1.29, 1.82) is 0 Å². The molecule has 0 radical (unpaired) electrons. The smallest absolute Gasteiger partial charge is 0.311 e. The average Bonchev–Trinajstić information content (AvgIpc) is 2.96. The zero-order valence-corrected chi connectivity index (χ0v) is 13.3. The normalized spacial score (nSPS) is 13.1. The third kappa shape index (κ3) is 5.09. The number of nitro benzene ring substituents is 1. The number of ether oxygens (including phenoxy) is 1. The number of nitrogens with one attached hydrogen (secondary N) is 1. The lowest BCUT2D eigenvalue weighted by Crippen LogP contribution is -2.15. The van der Waals surface area contributed by atoms with E-state index in [1.54, 1.807) is 23.9 Å². The van der Waals surface area contributed by atoms with E-state index in [-0.39, 0.29) is 18.1 Å². The van der Waals surface area contributed by atoms with Gasteiger partial charge in [-0.2, -0.15) is 0 Å². The maximum atomic E-state index is 11.1. The Morgan fingerprint density at radius 1 is 1.52 bits per heavy atom. The summed E-state index contributed by atoms with van der Waals surface area (Å²) in [6.07, 6.45) is 0.820. The number of nitro groups is 1. The van der Waals surface area contributed by atoms with Gasteiger partial charge in [0.2, 0.25) is 0 Å². The Hall–Kier alpha value is -1.47. The Kier molecular flexibility index (Phi) is 7.31. The van der Waals surface area contributed by atoms with Crippen LogP contribution in [0.4, 0.5) is 5.69 Å². The van der Waals surface area contributed by atoms with Crippen LogP contribution in [-0.2, 0) is 5.75 Å². The molecule has 2 rings (SSSR count). The molecule has 0 unspecified atom stereocenters. The molecular formula is C13H18ClN3O3S. The molecule has 0 atom stereocenters. The summed E-state index contributed by atoms with van der Waals surface area (Å²) in [4.78, 5) is 15.0. The molecule has 8 heteroatoms. The van der Waals surface area contributed by atoms with Gasteiger partial charge in [0.05, 0.1) is 18.1 Å². The molecule has 1 aromatic rings. The zero-order chi connectivity index (χ0) is 14.4. The van der Waals surface area contributed by atoms with Gasteiger partial charge >= 0.3 is 5.69 Å². The molecule has 0 saturated carbocycles. The minimum absolute atomic E-state index is 0. The number of nitrogens with zero attached hydrogens (tertiary/aromatic N) is 2. The number of benzene rings is 1. The Morgan fingerprint density at radius 3 is 2.95 bits per heavy atom. The minimum atomic E-state index is -0.398. The van der Waals surface area contributed by atoms with Crippen LogP contribution in [0.5, 0.6) is 5.75 Å². The lowest BCUT2D eigenvalue weighted by atomic mass is 10.2. The first-order valence-corrected chi connectivity index (χ1v) is 7.50. The summed E-state index contributed by atoms with van der Waals surface area (Å²) in [5.41, 5.74) is 0.916. The highest BCUT2D eigenvalue weighted by Crippen LogP contribution is 2.29. The lowest BCUT2D eigenvalue weighted by Gasteiger charge is -2.07. The minimum Gasteiger partial charge on any atom is -0.487 e. The van der Waals surface area contributed by atoms with E-state index in [4.69, 9.17) is 4.74 Å². The first kappa shape index (κ1) is 17.6. The van der Waals surface area contributed by atoms with Crippen LogP contribution >= 0.6 is 24.2 Å². The predicted molar refractivity (Wildman–Crippen MR) is 87.7 cm³/mol. The first-order chi connectivity index (χ1) is 9.70. The Labute approximate surface area is 133 Å². The molecule has 0 spiro atoms. The molecule has 1 N–H and O–H groups in total. The van der Waals surface area contributed by atoms with Gasteiger partial charge in [0.25, 0.3) is 0 Å². The fourth-order valence-electron chi connectivity index (χ4n) is 1.75. The van der Waals surface area contributed by atoms with Gasteiger partial charge in [-0.15, -0.1) is 12.4 Å². The molecular weight excluding hydrogens is 314 g/mol. The van der Waals surface area contributed by atoms with Crippen LogP contribution in [0.2, 0.25) is 0 Å². The molecule has 0 aromatic heterocycles. The topological polar surface area (TPSA) is 76.8 Å². The zero-order valence-electron chi connectivity index (χ0n) is 11.7. The summed E-state index contributed by atoms with van der Waals surface area (Å²) in [6.45, 7) is 4.11. The molecule has 1 heterocycles. The summed E-state index contributed by atoms with van der Waals surface area (Å²) in [5, 5.41) is 15.1. The highest BCUT2D eigenvalue weighted by molar-refractivity contribution is 8.13. The number of hydrogen-bond acceptors (Lipinski definition) is 6. The fraction of sp³-hybridized carbons (Fsp3) is 0.462. The van der Waals surface area contributed by atoms with Crippen molar-refractivity contribution in [3.05, 3.63) is 33.9 Å². The maximum Gasteiger partial charge on any atom is 0.311 e. The van der Waals surface area contributed by atoms with E-state index in [2.05, 4.69) is 10.3 Å². The van der Waals surface area contributed by atoms with Crippen molar-refractivity contribution in [3.8, 4) is 5.75 Å². The van der Waals surface area contributed by atoms with Crippen LogP contribution in [0.1, 0.15) is 18.9 Å². The van der Waals surface area contributed by atoms with Crippen molar-refractivity contribution >= 4 is 35.0 Å². The van der Waals surface area contributed by atoms with Crippen LogP contribution in [0.3, 0.4) is 0 Å². The standard InChI is InChI=1S/C13H17N3O3S.ClH/c1-2-7-19-12-4-3-10(8-11(12)16(17)18)9-20-13-14-5-6-15-13;/h3-4,8H,2,5-7,9H2,1H3,(H,14,15);1H. The van der Waals surface area contributed by atoms with E-state index in [1.807, 2.05) is 13.0 Å². The maximum absolute atomic E-state index is 11.1. The van der Waals surface area contributed by atoms with Crippen LogP contribution in [-0.4, -0.2) is 29.8 Å². The Balaban J connectivity index is 0.00000220. The molecule has 1 aliphatic rings. The number of aliphatic imine (C=N–C) groups is 1. The summed E-state index contributed by atoms with van der Waals surface area (Å²) < 4.78 is 5.40. The van der Waals surface area contributed by atoms with Gasteiger partial charge in [-0.05, 0) is 18.1 Å². The van der Waals surface area contributed by atoms with Crippen molar-refractivity contribution in [3.63, 3.8) is 0 Å². The van der Waals surface area contributed by atoms with Crippen LogP contribution in [0.25, 0.3) is 0 Å². The Bertz CT molecular complexity index is 525. The molecule has 0 aliphatic carbocycles. The van der Waals surface area contributed by atoms with Crippen molar-refractivity contribution in [2.24, 2.45) is 4.99 Å². The van der Waals surface area contributed by atoms with Crippen LogP contribution in [0.15, 0.2) is 23.2 Å². The highest BCUT2D eigenvalue weighted by Gasteiger charge is 2.16. The van der Waals surface area contributed by atoms with Crippen molar-refractivity contribution in [2.75, 3.05) is 19.7 Å². The van der Waals surface area contributed by atoms with Gasteiger partial charge < -0.3 is 10.1 Å². The van der Waals surface area contributed by atoms with Crippen molar-refractivity contribution < 1.29 is 9.66 Å². The number of amidine groups is 1. The third-order valence-electron chi connectivity index (χ3n) is 2.70. The van der Waals surface area contributed by atoms with Gasteiger partial charge in [0, 0.05) is 18.4 Å². The van der Waals surface area contributed by atoms with Gasteiger partial charge in [-0.25, -0.2) is 0 Å². The van der Waals surface area contributed by atoms with E-state index >= 15 is 0 Å². The number of halogens is 1. The first-order valence-electron chi connectivity index (χ1n) is 6.52. The summed E-state index contributed by atoms with van der Waals surface area (Å²) in [7, 11) is 0. The van der Waals surface area contributed by atoms with E-state index < -0.39 is 4.92 Å². The SMILES string of the molecule is CCCOc1ccc(CSC2=NCCN2)cc1[N+](=O)[O-].Cl. The molecule has 0 amide bonds. The van der Waals surface area contributed by atoms with E-state index in [9.17, 15) is 10.1 Å². The quantitative estimate of drug-likeness (QED) is 0.640. The molecule has 6 nitrogen and oxygen atoms in total. The molecule has 0 fully saturated rings. The molecule has 1 aliphatic heterocycles. The van der Waals surface area contributed by atoms with Gasteiger partial charge in [-0.3, -0.25) is 15.1 Å². The van der Waals surface area contributed by atoms with Gasteiger partial charge in [-0.1, -0.05) is 24.8 Å². The number of rotatable bonds is 6. The second-order valence-corrected chi connectivity index (χ2v) is 5.27. The third-order valence-corrected chi connectivity index (χ3v) is 3.73. The molecule has 116 valence electrons. The highest BCUT2D eigenvalue weighted by atomic mass is 35.5. The summed E-state index contributed by atoms with van der Waals surface area (Å²) >= 11 is 1.56. The van der Waals surface area contributed by atoms with Crippen LogP contribution < -0.4 is 10.1 Å². The van der Waals surface area contributed by atoms with Crippen molar-refractivity contribution in [1.82, 2.24) is 5.32 Å². The van der Waals surface area contributed by atoms with E-state index in [0.29, 0.717) is 18.1 Å². The Morgan fingerprint density at radius 2 is 2.33 bits per heavy atom. The van der Waals surface area contributed by atoms with Crippen LogP contribution in [0, 0.1) is 10.1 Å². The fourth-order valence-corrected chi connectivity index (χ4v) is 2.62. The molecule has 0 bridgehead atoms. The van der Waals surface area contributed by atoms with Crippen molar-refractivity contribution in [2.45, 2.75) is 19.1 Å². The largest absolute Gasteiger partial charge is 0.487 e.